The molecule has 1 fully saturated rings. The Morgan fingerprint density at radius 3 is 1.74 bits per heavy atom. The summed E-state index contributed by atoms with van der Waals surface area (Å²) in [5, 5.41) is 78.1. The monoisotopic (exact) mass is 1130 g/mol. The predicted molar refractivity (Wildman–Crippen MR) is 284 cm³/mol. The molecule has 1 aliphatic heterocycles. The fourth-order valence-corrected chi connectivity index (χ4v) is 8.34. The third-order valence-corrected chi connectivity index (χ3v) is 13.3. The molecule has 1 heterocycles. The molecule has 0 radical (unpaired) electrons. The molecular formula is C52H77N11O17. The first-order valence-corrected chi connectivity index (χ1v) is 26.2. The molecule has 0 aromatic heterocycles. The van der Waals surface area contributed by atoms with Gasteiger partial charge in [-0.05, 0) is 81.7 Å². The van der Waals surface area contributed by atoms with Crippen molar-refractivity contribution in [2.75, 3.05) is 26.3 Å². The average molecular weight is 1130 g/mol. The van der Waals surface area contributed by atoms with E-state index >= 15 is 0 Å². The standard InChI is InChI=1S/C52H77N11O17/c1-5-27(2)41(54)49(76)58-35(24-40(68)69)45(72)55-28(3)43(70)57-34(22-31-16-18-32(67)19-17-31)46(73)56-33(14-9-10-20-53)44(71)62-42(29(4)66)50(77)59-36(23-30-12-7-6-8-13-30)51(78)63-21-11-15-39(63)48(75)60-37(25-64)47(74)61-38(26-65)52(79)80/h6-8,12-13,16-19,27-29,33-39,41-42,64-67H,5,9-11,14-15,20-26,53-54H2,1-4H3,(H,55,72)(H,56,73)(H,57,70)(H,58,76)(H,59,77)(H,60,75)(H,61,74)(H,62,71)(H,68,69)(H,79,80)/t27-,28-,29+,33-,34-,35-,36-,37-,38-,39-,41-,42-/m0/s1. The van der Waals surface area contributed by atoms with Crippen molar-refractivity contribution in [2.45, 2.75) is 152 Å². The number of rotatable bonds is 33. The van der Waals surface area contributed by atoms with E-state index in [0.29, 0.717) is 24.0 Å². The van der Waals surface area contributed by atoms with Gasteiger partial charge in [-0.2, -0.15) is 0 Å². The second-order valence-electron chi connectivity index (χ2n) is 19.6. The molecule has 2 aromatic carbocycles. The Balaban J connectivity index is 1.90. The zero-order valence-corrected chi connectivity index (χ0v) is 45.1. The Kier molecular flexibility index (Phi) is 27.4. The number of aromatic hydroxyl groups is 1. The first-order chi connectivity index (χ1) is 37.8. The van der Waals surface area contributed by atoms with Crippen LogP contribution < -0.4 is 54.0 Å². The summed E-state index contributed by atoms with van der Waals surface area (Å²) in [5.74, 6) is -12.1. The van der Waals surface area contributed by atoms with Crippen LogP contribution in [0.1, 0.15) is 83.8 Å². The number of nitrogens with zero attached hydrogens (tertiary/aromatic N) is 1. The molecular weight excluding hydrogens is 1050 g/mol. The van der Waals surface area contributed by atoms with Crippen LogP contribution in [0.4, 0.5) is 0 Å². The smallest absolute Gasteiger partial charge is 0.328 e. The van der Waals surface area contributed by atoms with Crippen molar-refractivity contribution < 1.29 is 83.4 Å². The molecule has 1 saturated heterocycles. The SMILES string of the molecule is CC[C@H](C)[C@H](N)C(=O)N[C@@H](CC(=O)O)C(=O)N[C@@H](C)C(=O)N[C@@H](Cc1ccc(O)cc1)C(=O)N[C@@H](CCCCN)C(=O)N[C@H](C(=O)N[C@@H](Cc1ccccc1)C(=O)N1CCC[C@H]1C(=O)N[C@@H](CO)C(=O)N[C@@H](CO)C(=O)O)[C@@H](C)O. The van der Waals surface area contributed by atoms with Crippen LogP contribution in [0.2, 0.25) is 0 Å². The fraction of sp³-hybridized carbons (Fsp3) is 0.558. The van der Waals surface area contributed by atoms with Crippen molar-refractivity contribution in [2.24, 2.45) is 17.4 Å². The number of carbonyl (C=O) groups excluding carboxylic acids is 9. The van der Waals surface area contributed by atoms with Gasteiger partial charge in [0, 0.05) is 19.4 Å². The first kappa shape index (κ1) is 66.5. The molecule has 1 aliphatic rings. The van der Waals surface area contributed by atoms with Gasteiger partial charge in [0.25, 0.3) is 0 Å². The number of nitrogens with one attached hydrogen (secondary N) is 8. The van der Waals surface area contributed by atoms with E-state index in [-0.39, 0.29) is 63.3 Å². The summed E-state index contributed by atoms with van der Waals surface area (Å²) < 4.78 is 0. The van der Waals surface area contributed by atoms with Gasteiger partial charge in [-0.3, -0.25) is 47.9 Å². The Bertz CT molecular complexity index is 2450. The highest BCUT2D eigenvalue weighted by Crippen LogP contribution is 2.21. The molecule has 442 valence electrons. The van der Waals surface area contributed by atoms with Crippen LogP contribution >= 0.6 is 0 Å². The summed E-state index contributed by atoms with van der Waals surface area (Å²) >= 11 is 0. The number of unbranched alkanes of at least 4 members (excludes halogenated alkanes) is 1. The van der Waals surface area contributed by atoms with Gasteiger partial charge in [-0.15, -0.1) is 0 Å². The van der Waals surface area contributed by atoms with Crippen molar-refractivity contribution in [3.8, 4) is 5.75 Å². The molecule has 0 aliphatic carbocycles. The number of phenolic OH excluding ortho intramolecular Hbond substituents is 1. The molecule has 0 unspecified atom stereocenters. The van der Waals surface area contributed by atoms with E-state index < -0.39 is 151 Å². The number of nitrogens with two attached hydrogens (primary N) is 2. The number of likely N-dealkylation sites (tertiary alicyclic amines) is 1. The maximum absolute atomic E-state index is 14.5. The largest absolute Gasteiger partial charge is 0.508 e. The van der Waals surface area contributed by atoms with Gasteiger partial charge in [0.1, 0.15) is 60.1 Å². The summed E-state index contributed by atoms with van der Waals surface area (Å²) in [4.78, 5) is 148. The van der Waals surface area contributed by atoms with Crippen LogP contribution in [0.5, 0.6) is 5.75 Å². The zero-order valence-electron chi connectivity index (χ0n) is 45.1. The molecule has 9 amide bonds. The van der Waals surface area contributed by atoms with E-state index in [4.69, 9.17) is 11.5 Å². The second kappa shape index (κ2) is 33.0. The van der Waals surface area contributed by atoms with Crippen molar-refractivity contribution in [3.05, 3.63) is 65.7 Å². The van der Waals surface area contributed by atoms with E-state index in [1.54, 1.807) is 44.2 Å². The Labute approximate surface area is 461 Å². The lowest BCUT2D eigenvalue weighted by atomic mass is 9.99. The van der Waals surface area contributed by atoms with E-state index in [9.17, 15) is 83.4 Å². The first-order valence-electron chi connectivity index (χ1n) is 26.2. The van der Waals surface area contributed by atoms with E-state index in [2.05, 4.69) is 37.2 Å². The Morgan fingerprint density at radius 2 is 1.16 bits per heavy atom. The number of carboxylic acids is 2. The average Bonchev–Trinajstić information content (AvgIpc) is 3.92. The van der Waals surface area contributed by atoms with Crippen molar-refractivity contribution in [3.63, 3.8) is 0 Å². The van der Waals surface area contributed by atoms with Crippen LogP contribution in [-0.2, 0) is 65.6 Å². The van der Waals surface area contributed by atoms with E-state index in [0.717, 1.165) is 4.90 Å². The minimum atomic E-state index is -1.80. The lowest BCUT2D eigenvalue weighted by Crippen LogP contribution is -2.62. The molecule has 3 rings (SSSR count). The van der Waals surface area contributed by atoms with E-state index in [1.165, 1.54) is 38.1 Å². The lowest BCUT2D eigenvalue weighted by molar-refractivity contribution is -0.144. The maximum atomic E-state index is 14.5. The van der Waals surface area contributed by atoms with Crippen LogP contribution in [0.25, 0.3) is 0 Å². The molecule has 0 saturated carbocycles. The summed E-state index contributed by atoms with van der Waals surface area (Å²) in [6.45, 7) is 4.08. The summed E-state index contributed by atoms with van der Waals surface area (Å²) in [7, 11) is 0. The topological polar surface area (TPSA) is 461 Å². The summed E-state index contributed by atoms with van der Waals surface area (Å²) in [5.41, 5.74) is 12.7. The van der Waals surface area contributed by atoms with Crippen LogP contribution in [-0.4, -0.2) is 193 Å². The second-order valence-corrected chi connectivity index (χ2v) is 19.6. The highest BCUT2D eigenvalue weighted by atomic mass is 16.4. The third-order valence-electron chi connectivity index (χ3n) is 13.3. The Hall–Kier alpha value is -7.79. The number of aliphatic hydroxyl groups excluding tert-OH is 3. The van der Waals surface area contributed by atoms with Gasteiger partial charge < -0.3 is 89.5 Å². The third kappa shape index (κ3) is 20.8. The minimum absolute atomic E-state index is 0.0106. The molecule has 0 bridgehead atoms. The molecule has 0 spiro atoms. The number of amides is 9. The highest BCUT2D eigenvalue weighted by Gasteiger charge is 2.41. The number of carboxylic acid groups (broad SMARTS) is 2. The number of benzene rings is 2. The van der Waals surface area contributed by atoms with Gasteiger partial charge >= 0.3 is 11.9 Å². The molecule has 2 aromatic rings. The molecule has 18 N–H and O–H groups in total. The van der Waals surface area contributed by atoms with Crippen LogP contribution in [0.3, 0.4) is 0 Å². The Morgan fingerprint density at radius 1 is 0.625 bits per heavy atom. The molecule has 28 heteroatoms. The number of hydrogen-bond donors (Lipinski definition) is 16. The number of phenols is 1. The quantitative estimate of drug-likeness (QED) is 0.0300. The number of aliphatic hydroxyl groups is 3. The normalized spacial score (nSPS) is 17.2. The summed E-state index contributed by atoms with van der Waals surface area (Å²) in [6.07, 6.45) is -1.59. The van der Waals surface area contributed by atoms with Gasteiger partial charge in [-0.25, -0.2) is 4.79 Å². The predicted octanol–water partition coefficient (Wildman–Crippen LogP) is -4.51. The number of aliphatic carboxylic acids is 2. The van der Waals surface area contributed by atoms with Gasteiger partial charge in [0.05, 0.1) is 31.8 Å². The summed E-state index contributed by atoms with van der Waals surface area (Å²) in [6, 6.07) is -1.22. The zero-order chi connectivity index (χ0) is 59.8. The number of hydrogen-bond acceptors (Lipinski definition) is 17. The van der Waals surface area contributed by atoms with Crippen molar-refractivity contribution >= 4 is 65.1 Å². The van der Waals surface area contributed by atoms with Crippen LogP contribution in [0.15, 0.2) is 54.6 Å². The van der Waals surface area contributed by atoms with E-state index in [1.807, 2.05) is 5.32 Å². The van der Waals surface area contributed by atoms with Gasteiger partial charge in [0.15, 0.2) is 0 Å². The molecule has 80 heavy (non-hydrogen) atoms. The van der Waals surface area contributed by atoms with Gasteiger partial charge in [0.2, 0.25) is 53.2 Å². The highest BCUT2D eigenvalue weighted by molar-refractivity contribution is 5.99. The van der Waals surface area contributed by atoms with Gasteiger partial charge in [-0.1, -0.05) is 62.7 Å². The lowest BCUT2D eigenvalue weighted by Gasteiger charge is -2.31. The van der Waals surface area contributed by atoms with Crippen molar-refractivity contribution in [1.82, 2.24) is 47.4 Å². The van der Waals surface area contributed by atoms with Crippen molar-refractivity contribution in [1.29, 1.82) is 0 Å². The maximum Gasteiger partial charge on any atom is 0.328 e. The fourth-order valence-electron chi connectivity index (χ4n) is 8.34. The van der Waals surface area contributed by atoms with Crippen LogP contribution in [0, 0.1) is 5.92 Å². The number of carbonyl (C=O) groups is 11. The molecule has 28 nitrogen and oxygen atoms in total. The molecule has 12 atom stereocenters. The minimum Gasteiger partial charge on any atom is -0.508 e.